The van der Waals surface area contributed by atoms with Crippen LogP contribution in [-0.2, 0) is 25.6 Å². The van der Waals surface area contributed by atoms with Gasteiger partial charge in [0, 0.05) is 36.4 Å². The number of nitrogens with one attached hydrogen (secondary N) is 3. The van der Waals surface area contributed by atoms with Crippen molar-refractivity contribution in [3.05, 3.63) is 69.1 Å². The predicted molar refractivity (Wildman–Crippen MR) is 141 cm³/mol. The van der Waals surface area contributed by atoms with Gasteiger partial charge in [-0.05, 0) is 50.1 Å². The lowest BCUT2D eigenvalue weighted by atomic mass is 9.94. The summed E-state index contributed by atoms with van der Waals surface area (Å²) in [5.74, 6) is -2.78. The molecule has 1 aromatic carbocycles. The molecule has 5 rings (SSSR count). The minimum atomic E-state index is -5.21. The van der Waals surface area contributed by atoms with Crippen molar-refractivity contribution in [1.29, 1.82) is 0 Å². The van der Waals surface area contributed by atoms with E-state index in [-0.39, 0.29) is 35.2 Å². The van der Waals surface area contributed by atoms with Gasteiger partial charge in [0.25, 0.3) is 11.5 Å². The number of hydrogen-bond acceptors (Lipinski definition) is 9. The molecule has 2 unspecified atom stereocenters. The molecule has 1 saturated heterocycles. The van der Waals surface area contributed by atoms with Gasteiger partial charge in [-0.25, -0.2) is 4.79 Å². The molecule has 40 heavy (non-hydrogen) atoms. The van der Waals surface area contributed by atoms with Crippen LogP contribution in [0.4, 0.5) is 24.5 Å². The number of carbonyl (C=O) groups excluding carboxylic acids is 2. The number of thioether (sulfide) groups is 1. The van der Waals surface area contributed by atoms with Gasteiger partial charge in [-0.3, -0.25) is 14.5 Å². The third kappa shape index (κ3) is 5.98. The molecular weight excluding hydrogens is 551 g/mol. The maximum atomic E-state index is 13.2. The molecule has 3 N–H and O–H groups in total. The van der Waals surface area contributed by atoms with Crippen LogP contribution in [0, 0.1) is 0 Å². The lowest BCUT2D eigenvalue weighted by Gasteiger charge is -2.42. The van der Waals surface area contributed by atoms with E-state index in [0.29, 0.717) is 30.9 Å². The minimum Gasteiger partial charge on any atom is -0.378 e. The fraction of sp³-hybridized carbons (Fsp3) is 0.423. The largest absolute Gasteiger partial charge is 0.493 e. The van der Waals surface area contributed by atoms with Crippen LogP contribution >= 0.6 is 11.8 Å². The molecule has 3 aliphatic rings. The zero-order valence-corrected chi connectivity index (χ0v) is 22.5. The first kappa shape index (κ1) is 28.1. The second kappa shape index (κ2) is 10.8. The van der Waals surface area contributed by atoms with Gasteiger partial charge in [0.1, 0.15) is 5.69 Å². The Balaban J connectivity index is 1.40. The average molecular weight is 580 g/mol. The summed E-state index contributed by atoms with van der Waals surface area (Å²) in [6.45, 7) is 4.42. The Morgan fingerprint density at radius 3 is 2.80 bits per heavy atom. The summed E-state index contributed by atoms with van der Waals surface area (Å²) in [5, 5.41) is 6.90. The van der Waals surface area contributed by atoms with Crippen molar-refractivity contribution >= 4 is 35.0 Å². The molecule has 1 amide bonds. The number of morpholine rings is 1. The Hall–Kier alpha value is -3.49. The molecule has 1 fully saturated rings. The highest BCUT2D eigenvalue weighted by Crippen LogP contribution is 2.46. The van der Waals surface area contributed by atoms with Crippen molar-refractivity contribution in [2.75, 3.05) is 25.1 Å². The third-order valence-corrected chi connectivity index (χ3v) is 8.01. The second-order valence-electron chi connectivity index (χ2n) is 10.3. The minimum absolute atomic E-state index is 0.185. The number of rotatable bonds is 6. The van der Waals surface area contributed by atoms with E-state index >= 15 is 0 Å². The topological polar surface area (TPSA) is 116 Å². The molecule has 0 spiro atoms. The van der Waals surface area contributed by atoms with E-state index in [2.05, 4.69) is 15.6 Å². The number of amides is 1. The summed E-state index contributed by atoms with van der Waals surface area (Å²) in [7, 11) is 0. The third-order valence-electron chi connectivity index (χ3n) is 6.68. The van der Waals surface area contributed by atoms with E-state index in [9.17, 15) is 27.6 Å². The van der Waals surface area contributed by atoms with Crippen molar-refractivity contribution < 1.29 is 32.3 Å². The smallest absolute Gasteiger partial charge is 0.378 e. The van der Waals surface area contributed by atoms with Crippen LogP contribution in [0.15, 0.2) is 58.0 Å². The van der Waals surface area contributed by atoms with E-state index < -0.39 is 29.1 Å². The molecule has 3 aliphatic heterocycles. The number of nitrogens with zero attached hydrogens (tertiary/aromatic N) is 2. The molecule has 0 radical (unpaired) electrons. The van der Waals surface area contributed by atoms with Crippen molar-refractivity contribution in [2.45, 2.75) is 49.9 Å². The van der Waals surface area contributed by atoms with Crippen molar-refractivity contribution in [1.82, 2.24) is 20.3 Å². The van der Waals surface area contributed by atoms with Gasteiger partial charge in [-0.2, -0.15) is 18.2 Å². The Morgan fingerprint density at radius 2 is 2.05 bits per heavy atom. The number of pyridine rings is 1. The number of anilines is 2. The van der Waals surface area contributed by atoms with Gasteiger partial charge < -0.3 is 25.2 Å². The molecule has 2 aromatic rings. The molecule has 214 valence electrons. The summed E-state index contributed by atoms with van der Waals surface area (Å²) < 4.78 is 45.4. The number of alkyl halides is 3. The molecule has 0 aliphatic carbocycles. The summed E-state index contributed by atoms with van der Waals surface area (Å²) in [4.78, 5) is 46.6. The van der Waals surface area contributed by atoms with E-state index in [1.807, 2.05) is 29.2 Å². The summed E-state index contributed by atoms with van der Waals surface area (Å²) in [5.41, 5.74) is 0.285. The van der Waals surface area contributed by atoms with Gasteiger partial charge in [0.05, 0.1) is 23.8 Å². The van der Waals surface area contributed by atoms with Crippen molar-refractivity contribution in [2.24, 2.45) is 0 Å². The summed E-state index contributed by atoms with van der Waals surface area (Å²) in [6.07, 6.45) is -3.04. The van der Waals surface area contributed by atoms with Crippen LogP contribution in [0.2, 0.25) is 0 Å². The number of hydrogen-bond donors (Lipinski definition) is 3. The molecule has 0 saturated carbocycles. The highest BCUT2D eigenvalue weighted by atomic mass is 32.2. The van der Waals surface area contributed by atoms with E-state index in [0.717, 1.165) is 22.4 Å². The average Bonchev–Trinajstić information content (AvgIpc) is 3.22. The number of carbonyl (C=O) groups is 2. The number of benzene rings is 1. The summed E-state index contributed by atoms with van der Waals surface area (Å²) in [6, 6.07) is 10.5. The monoisotopic (exact) mass is 579 g/mol. The van der Waals surface area contributed by atoms with Gasteiger partial charge in [0.2, 0.25) is 0 Å². The lowest BCUT2D eigenvalue weighted by molar-refractivity contribution is -0.243. The van der Waals surface area contributed by atoms with Crippen molar-refractivity contribution in [3.8, 4) is 0 Å². The van der Waals surface area contributed by atoms with E-state index in [1.165, 1.54) is 6.20 Å². The van der Waals surface area contributed by atoms with Crippen LogP contribution in [0.1, 0.15) is 25.8 Å². The molecule has 4 heterocycles. The maximum absolute atomic E-state index is 13.2. The van der Waals surface area contributed by atoms with Crippen LogP contribution in [0.5, 0.6) is 0 Å². The summed E-state index contributed by atoms with van der Waals surface area (Å²) >= 11 is 1.06. The number of ether oxygens (including phenoxy) is 1. The number of aromatic amines is 1. The van der Waals surface area contributed by atoms with E-state index in [1.54, 1.807) is 26.0 Å². The Kier molecular flexibility index (Phi) is 7.59. The SMILES string of the molecule is CC1(C)CC2=C(SC(N3CCOCC3Cc3cccc(Nc4ccc[nH]c4=O)c3)N2OC(=O)C(F)(F)F)C(=O)N1. The fourth-order valence-corrected chi connectivity index (χ4v) is 6.27. The van der Waals surface area contributed by atoms with Crippen LogP contribution in [0.25, 0.3) is 0 Å². The molecule has 2 atom stereocenters. The first-order valence-electron chi connectivity index (χ1n) is 12.6. The number of aromatic nitrogens is 1. The van der Waals surface area contributed by atoms with Crippen LogP contribution < -0.4 is 16.2 Å². The molecular formula is C26H28F3N5O5S. The number of halogens is 3. The number of hydroxylamine groups is 2. The van der Waals surface area contributed by atoms with Gasteiger partial charge in [0.15, 0.2) is 5.50 Å². The van der Waals surface area contributed by atoms with Crippen molar-refractivity contribution in [3.63, 3.8) is 0 Å². The zero-order valence-electron chi connectivity index (χ0n) is 21.7. The highest BCUT2D eigenvalue weighted by Gasteiger charge is 2.51. The predicted octanol–water partition coefficient (Wildman–Crippen LogP) is 3.22. The normalized spacial score (nSPS) is 23.0. The Labute approximate surface area is 231 Å². The fourth-order valence-electron chi connectivity index (χ4n) is 4.93. The van der Waals surface area contributed by atoms with Crippen LogP contribution in [-0.4, -0.2) is 69.8 Å². The molecule has 1 aromatic heterocycles. The standard InChI is InChI=1S/C26H28F3N5O5S/c1-25(2)13-19-20(22(36)32-25)40-24(34(19)39-23(37)26(27,28)29)33-9-10-38-14-17(33)12-15-5-3-6-16(11-15)31-18-7-4-8-30-21(18)35/h3-8,11,17,24,31H,9-10,12-14H2,1-2H3,(H,30,35)(H,32,36). The Morgan fingerprint density at radius 1 is 1.25 bits per heavy atom. The quantitative estimate of drug-likeness (QED) is 0.475. The highest BCUT2D eigenvalue weighted by molar-refractivity contribution is 8.04. The molecule has 10 nitrogen and oxygen atoms in total. The second-order valence-corrected chi connectivity index (χ2v) is 11.4. The Bertz CT molecular complexity index is 1400. The molecule has 0 bridgehead atoms. The number of H-pyrrole nitrogens is 1. The first-order valence-corrected chi connectivity index (χ1v) is 13.5. The van der Waals surface area contributed by atoms with Gasteiger partial charge in [-0.15, -0.1) is 0 Å². The lowest BCUT2D eigenvalue weighted by Crippen LogP contribution is -2.56. The first-order chi connectivity index (χ1) is 18.9. The van der Waals surface area contributed by atoms with E-state index in [4.69, 9.17) is 9.57 Å². The molecule has 14 heteroatoms. The van der Waals surface area contributed by atoms with Gasteiger partial charge >= 0.3 is 12.1 Å². The maximum Gasteiger partial charge on any atom is 0.493 e. The van der Waals surface area contributed by atoms with Gasteiger partial charge in [-0.1, -0.05) is 23.9 Å². The zero-order chi connectivity index (χ0) is 28.7. The van der Waals surface area contributed by atoms with Crippen LogP contribution in [0.3, 0.4) is 0 Å².